The predicted octanol–water partition coefficient (Wildman–Crippen LogP) is 0.922. The molecule has 2 aliphatic heterocycles. The summed E-state index contributed by atoms with van der Waals surface area (Å²) >= 11 is 0. The molecule has 0 bridgehead atoms. The van der Waals surface area contributed by atoms with Crippen LogP contribution in [0.3, 0.4) is 0 Å². The van der Waals surface area contributed by atoms with Crippen molar-refractivity contribution >= 4 is 5.91 Å². The van der Waals surface area contributed by atoms with Crippen molar-refractivity contribution in [1.29, 1.82) is 0 Å². The van der Waals surface area contributed by atoms with E-state index in [0.717, 1.165) is 58.2 Å². The molecule has 150 valence electrons. The number of piperazine rings is 1. The smallest absolute Gasteiger partial charge is 0.244 e. The zero-order chi connectivity index (χ0) is 19.3. The standard InChI is InChI=1S/C20H29N7O/c1-17-5-4-6-18(13-17)14-25-9-11-26(12-10-25)20(28)16-27-19(21-22-23-27)15-24-7-2-3-8-24/h4-6,13H,2-3,7-12,14-16H2,1H3. The normalized spacial score (nSPS) is 18.7. The average molecular weight is 384 g/mol. The SMILES string of the molecule is Cc1cccc(CN2CCN(C(=O)Cn3nnnc3CN3CCCC3)CC2)c1. The molecule has 1 aromatic heterocycles. The second-order valence-electron chi connectivity index (χ2n) is 7.88. The van der Waals surface area contributed by atoms with Crippen LogP contribution in [0.2, 0.25) is 0 Å². The van der Waals surface area contributed by atoms with E-state index in [1.165, 1.54) is 24.0 Å². The van der Waals surface area contributed by atoms with E-state index in [-0.39, 0.29) is 12.5 Å². The minimum atomic E-state index is 0.102. The quantitative estimate of drug-likeness (QED) is 0.739. The van der Waals surface area contributed by atoms with E-state index in [4.69, 9.17) is 0 Å². The van der Waals surface area contributed by atoms with E-state index in [1.807, 2.05) is 4.90 Å². The van der Waals surface area contributed by atoms with Crippen molar-refractivity contribution in [2.24, 2.45) is 0 Å². The molecule has 8 heteroatoms. The Labute approximate surface area is 166 Å². The molecule has 0 radical (unpaired) electrons. The molecule has 0 unspecified atom stereocenters. The predicted molar refractivity (Wildman–Crippen MR) is 105 cm³/mol. The number of tetrazole rings is 1. The highest BCUT2D eigenvalue weighted by Gasteiger charge is 2.23. The van der Waals surface area contributed by atoms with Crippen LogP contribution in [0.4, 0.5) is 0 Å². The van der Waals surface area contributed by atoms with Gasteiger partial charge in [0.15, 0.2) is 5.82 Å². The fraction of sp³-hybridized carbons (Fsp3) is 0.600. The van der Waals surface area contributed by atoms with Gasteiger partial charge >= 0.3 is 0 Å². The molecule has 4 rings (SSSR count). The Kier molecular flexibility index (Phi) is 5.97. The molecule has 2 fully saturated rings. The number of carbonyl (C=O) groups excluding carboxylic acids is 1. The lowest BCUT2D eigenvalue weighted by molar-refractivity contribution is -0.133. The summed E-state index contributed by atoms with van der Waals surface area (Å²) in [5.74, 6) is 0.888. The highest BCUT2D eigenvalue weighted by molar-refractivity contribution is 5.76. The van der Waals surface area contributed by atoms with E-state index in [1.54, 1.807) is 4.68 Å². The molecule has 8 nitrogen and oxygen atoms in total. The molecule has 0 spiro atoms. The second kappa shape index (κ2) is 8.79. The van der Waals surface area contributed by atoms with Crippen LogP contribution in [0.25, 0.3) is 0 Å². The summed E-state index contributed by atoms with van der Waals surface area (Å²) in [6.07, 6.45) is 2.46. The maximum atomic E-state index is 12.7. The number of hydrogen-bond acceptors (Lipinski definition) is 6. The Balaban J connectivity index is 1.27. The Hall–Kier alpha value is -2.32. The maximum Gasteiger partial charge on any atom is 0.244 e. The molecule has 0 aliphatic carbocycles. The van der Waals surface area contributed by atoms with Gasteiger partial charge in [0, 0.05) is 32.7 Å². The fourth-order valence-electron chi connectivity index (χ4n) is 4.05. The summed E-state index contributed by atoms with van der Waals surface area (Å²) in [6.45, 7) is 9.51. The molecule has 2 aromatic rings. The summed E-state index contributed by atoms with van der Waals surface area (Å²) < 4.78 is 1.67. The summed E-state index contributed by atoms with van der Waals surface area (Å²) in [7, 11) is 0. The van der Waals surface area contributed by atoms with Gasteiger partial charge in [-0.2, -0.15) is 0 Å². The summed E-state index contributed by atoms with van der Waals surface area (Å²) in [5, 5.41) is 12.0. The van der Waals surface area contributed by atoms with E-state index >= 15 is 0 Å². The number of amides is 1. The van der Waals surface area contributed by atoms with Gasteiger partial charge in [-0.15, -0.1) is 5.10 Å². The molecule has 0 atom stereocenters. The van der Waals surface area contributed by atoms with Crippen LogP contribution in [-0.4, -0.2) is 80.1 Å². The topological polar surface area (TPSA) is 70.4 Å². The Morgan fingerprint density at radius 1 is 1.00 bits per heavy atom. The lowest BCUT2D eigenvalue weighted by Gasteiger charge is -2.34. The van der Waals surface area contributed by atoms with Gasteiger partial charge in [0.05, 0.1) is 6.54 Å². The number of aryl methyl sites for hydroxylation is 1. The molecule has 3 heterocycles. The Morgan fingerprint density at radius 2 is 1.75 bits per heavy atom. The monoisotopic (exact) mass is 383 g/mol. The van der Waals surface area contributed by atoms with Crippen molar-refractivity contribution < 1.29 is 4.79 Å². The van der Waals surface area contributed by atoms with Gasteiger partial charge in [-0.3, -0.25) is 14.6 Å². The van der Waals surface area contributed by atoms with Gasteiger partial charge in [0.25, 0.3) is 0 Å². The van der Waals surface area contributed by atoms with Gasteiger partial charge < -0.3 is 4.90 Å². The number of hydrogen-bond donors (Lipinski definition) is 0. The highest BCUT2D eigenvalue weighted by atomic mass is 16.2. The third-order valence-corrected chi connectivity index (χ3v) is 5.67. The first kappa shape index (κ1) is 19.0. The van der Waals surface area contributed by atoms with Gasteiger partial charge in [-0.1, -0.05) is 29.8 Å². The molecule has 1 aromatic carbocycles. The van der Waals surface area contributed by atoms with Gasteiger partial charge in [-0.25, -0.2) is 4.68 Å². The van der Waals surface area contributed by atoms with E-state index < -0.39 is 0 Å². The van der Waals surface area contributed by atoms with Crippen LogP contribution < -0.4 is 0 Å². The average Bonchev–Trinajstić information content (AvgIpc) is 3.35. The second-order valence-corrected chi connectivity index (χ2v) is 7.88. The number of nitrogens with zero attached hydrogens (tertiary/aromatic N) is 7. The minimum absolute atomic E-state index is 0.102. The number of carbonyl (C=O) groups is 1. The third-order valence-electron chi connectivity index (χ3n) is 5.67. The molecule has 1 amide bonds. The van der Waals surface area contributed by atoms with Crippen LogP contribution in [0.5, 0.6) is 0 Å². The van der Waals surface area contributed by atoms with Crippen LogP contribution in [0.15, 0.2) is 24.3 Å². The largest absolute Gasteiger partial charge is 0.339 e. The van der Waals surface area contributed by atoms with E-state index in [2.05, 4.69) is 56.5 Å². The van der Waals surface area contributed by atoms with E-state index in [0.29, 0.717) is 0 Å². The molecule has 2 aliphatic rings. The van der Waals surface area contributed by atoms with Crippen molar-refractivity contribution in [1.82, 2.24) is 34.9 Å². The molecular weight excluding hydrogens is 354 g/mol. The van der Waals surface area contributed by atoms with Crippen molar-refractivity contribution in [2.45, 2.75) is 39.4 Å². The zero-order valence-corrected chi connectivity index (χ0v) is 16.6. The van der Waals surface area contributed by atoms with Gasteiger partial charge in [0.1, 0.15) is 6.54 Å². The van der Waals surface area contributed by atoms with E-state index in [9.17, 15) is 4.79 Å². The number of rotatable bonds is 6. The van der Waals surface area contributed by atoms with Crippen molar-refractivity contribution in [2.75, 3.05) is 39.3 Å². The maximum absolute atomic E-state index is 12.7. The van der Waals surface area contributed by atoms with Crippen molar-refractivity contribution in [3.63, 3.8) is 0 Å². The summed E-state index contributed by atoms with van der Waals surface area (Å²) in [6, 6.07) is 8.63. The first-order valence-corrected chi connectivity index (χ1v) is 10.2. The van der Waals surface area contributed by atoms with Crippen LogP contribution in [0.1, 0.15) is 29.8 Å². The highest BCUT2D eigenvalue weighted by Crippen LogP contribution is 2.12. The van der Waals surface area contributed by atoms with Gasteiger partial charge in [0.2, 0.25) is 5.91 Å². The Morgan fingerprint density at radius 3 is 2.50 bits per heavy atom. The van der Waals surface area contributed by atoms with Crippen LogP contribution >= 0.6 is 0 Å². The van der Waals surface area contributed by atoms with Crippen LogP contribution in [-0.2, 0) is 24.4 Å². The van der Waals surface area contributed by atoms with Crippen molar-refractivity contribution in [3.05, 3.63) is 41.2 Å². The molecule has 0 N–H and O–H groups in total. The van der Waals surface area contributed by atoms with Crippen molar-refractivity contribution in [3.8, 4) is 0 Å². The first-order chi connectivity index (χ1) is 13.7. The minimum Gasteiger partial charge on any atom is -0.339 e. The lowest BCUT2D eigenvalue weighted by atomic mass is 10.1. The Bertz CT molecular complexity index is 791. The third kappa shape index (κ3) is 4.74. The molecule has 2 saturated heterocycles. The zero-order valence-electron chi connectivity index (χ0n) is 16.6. The number of likely N-dealkylation sites (tertiary alicyclic amines) is 1. The number of benzene rings is 1. The first-order valence-electron chi connectivity index (χ1n) is 10.2. The summed E-state index contributed by atoms with van der Waals surface area (Å²) in [5.41, 5.74) is 2.62. The molecular formula is C20H29N7O. The fourth-order valence-corrected chi connectivity index (χ4v) is 4.05. The molecule has 28 heavy (non-hydrogen) atoms. The van der Waals surface area contributed by atoms with Gasteiger partial charge in [-0.05, 0) is 48.8 Å². The number of aromatic nitrogens is 4. The molecule has 0 saturated carbocycles. The lowest BCUT2D eigenvalue weighted by Crippen LogP contribution is -2.49. The van der Waals surface area contributed by atoms with Crippen LogP contribution in [0, 0.1) is 6.92 Å². The summed E-state index contributed by atoms with van der Waals surface area (Å²) in [4.78, 5) is 19.4.